The van der Waals surface area contributed by atoms with Crippen molar-refractivity contribution in [2.24, 2.45) is 0 Å². The van der Waals surface area contributed by atoms with E-state index >= 15 is 0 Å². The molecule has 1 aliphatic heterocycles. The van der Waals surface area contributed by atoms with Gasteiger partial charge in [-0.15, -0.1) is 0 Å². The molecule has 5 aromatic rings. The number of fused-ring (bicyclic) bond motifs is 2. The smallest absolute Gasteiger partial charge is 0.322 e. The zero-order valence-electron chi connectivity index (χ0n) is 18.7. The van der Waals surface area contributed by atoms with Crippen LogP contribution < -0.4 is 15.4 Å². The Morgan fingerprint density at radius 2 is 1.91 bits per heavy atom. The number of aromatic nitrogens is 3. The fraction of sp³-hybridized carbons (Fsp3) is 0.115. The van der Waals surface area contributed by atoms with Gasteiger partial charge < -0.3 is 19.7 Å². The summed E-state index contributed by atoms with van der Waals surface area (Å²) < 4.78 is 8.80. The zero-order valence-corrected chi connectivity index (χ0v) is 18.7. The molecule has 9 heteroatoms. The molecule has 174 valence electrons. The number of nitrogens with one attached hydrogen (secondary N) is 2. The number of carbonyl (C=O) groups excluding carboxylic acids is 2. The van der Waals surface area contributed by atoms with Gasteiger partial charge >= 0.3 is 6.03 Å². The number of carbonyl (C=O) groups is 2. The average molecular weight is 467 g/mol. The largest absolute Gasteiger partial charge is 0.497 e. The van der Waals surface area contributed by atoms with Crippen LogP contribution in [0.15, 0.2) is 79.3 Å². The first-order valence-corrected chi connectivity index (χ1v) is 11.0. The molecule has 2 aromatic carbocycles. The number of amides is 3. The molecule has 4 heterocycles. The van der Waals surface area contributed by atoms with Crippen LogP contribution in [0.5, 0.6) is 11.6 Å². The summed E-state index contributed by atoms with van der Waals surface area (Å²) in [7, 11) is 1.55. The van der Waals surface area contributed by atoms with E-state index in [0.717, 1.165) is 22.3 Å². The number of hydrogen-bond donors (Lipinski definition) is 3. The summed E-state index contributed by atoms with van der Waals surface area (Å²) in [6.07, 6.45) is 5.48. The zero-order chi connectivity index (χ0) is 24.2. The van der Waals surface area contributed by atoms with Gasteiger partial charge in [0.1, 0.15) is 11.4 Å². The molecule has 1 fully saturated rings. The maximum absolute atomic E-state index is 13.1. The van der Waals surface area contributed by atoms with Crippen LogP contribution in [-0.2, 0) is 16.9 Å². The van der Waals surface area contributed by atoms with Crippen LogP contribution in [-0.4, -0.2) is 38.1 Å². The maximum atomic E-state index is 13.1. The van der Waals surface area contributed by atoms with Gasteiger partial charge in [-0.3, -0.25) is 14.5 Å². The van der Waals surface area contributed by atoms with E-state index in [-0.39, 0.29) is 12.4 Å². The van der Waals surface area contributed by atoms with Crippen molar-refractivity contribution in [2.75, 3.05) is 7.11 Å². The Labute approximate surface area is 199 Å². The van der Waals surface area contributed by atoms with Crippen molar-refractivity contribution >= 4 is 28.4 Å². The van der Waals surface area contributed by atoms with Crippen molar-refractivity contribution in [1.29, 1.82) is 0 Å². The van der Waals surface area contributed by atoms with Gasteiger partial charge in [-0.05, 0) is 35.9 Å². The number of imide groups is 1. The Hall–Kier alpha value is -4.79. The Balaban J connectivity index is 1.41. The molecule has 3 amide bonds. The lowest BCUT2D eigenvalue weighted by Crippen LogP contribution is -2.47. The van der Waals surface area contributed by atoms with Crippen LogP contribution in [0, 0.1) is 0 Å². The number of nitrogens with zero attached hydrogens (tertiary/aromatic N) is 3. The van der Waals surface area contributed by atoms with Gasteiger partial charge in [-0.25, -0.2) is 9.78 Å². The molecular weight excluding hydrogens is 446 g/mol. The molecule has 0 radical (unpaired) electrons. The lowest BCUT2D eigenvalue weighted by Gasteiger charge is -2.27. The van der Waals surface area contributed by atoms with E-state index in [0.29, 0.717) is 16.7 Å². The summed E-state index contributed by atoms with van der Waals surface area (Å²) in [5.74, 6) is 0.101. The highest BCUT2D eigenvalue weighted by Gasteiger charge is 2.48. The SMILES string of the molecule is COc1ccc2cn(C[C@@]3(c4ccc(-c5cnc6ccccn56)cc4)NC(=O)NC3=O)c(O)c2c1. The molecule has 0 bridgehead atoms. The Morgan fingerprint density at radius 1 is 1.09 bits per heavy atom. The fourth-order valence-corrected chi connectivity index (χ4v) is 4.70. The molecule has 0 unspecified atom stereocenters. The summed E-state index contributed by atoms with van der Waals surface area (Å²) in [5.41, 5.74) is 1.84. The number of ether oxygens (including phenoxy) is 1. The highest BCUT2D eigenvalue weighted by atomic mass is 16.5. The molecule has 1 aliphatic rings. The van der Waals surface area contributed by atoms with E-state index in [1.807, 2.05) is 59.1 Å². The normalized spacial score (nSPS) is 17.6. The second kappa shape index (κ2) is 7.63. The number of urea groups is 1. The lowest BCUT2D eigenvalue weighted by molar-refractivity contribution is -0.124. The summed E-state index contributed by atoms with van der Waals surface area (Å²) in [4.78, 5) is 29.8. The standard InChI is InChI=1S/C26H21N5O4/c1-35-19-10-7-17-14-30(23(32)20(17)12-19)15-26(24(33)28-25(34)29-26)18-8-5-16(6-9-18)21-13-27-22-4-2-3-11-31(21)22/h2-14,32H,15H2,1H3,(H2,28,29,33,34)/t26-/m0/s1. The molecule has 1 saturated heterocycles. The summed E-state index contributed by atoms with van der Waals surface area (Å²) in [6.45, 7) is 0.00234. The Bertz CT molecular complexity index is 1620. The van der Waals surface area contributed by atoms with Crippen molar-refractivity contribution in [1.82, 2.24) is 24.6 Å². The quantitative estimate of drug-likeness (QED) is 0.343. The predicted molar refractivity (Wildman–Crippen MR) is 129 cm³/mol. The van der Waals surface area contributed by atoms with Crippen LogP contribution in [0.3, 0.4) is 0 Å². The van der Waals surface area contributed by atoms with Crippen molar-refractivity contribution in [3.63, 3.8) is 0 Å². The third kappa shape index (κ3) is 3.20. The van der Waals surface area contributed by atoms with Crippen LogP contribution >= 0.6 is 0 Å². The number of methoxy groups -OCH3 is 1. The average Bonchev–Trinajstić information content (AvgIpc) is 3.53. The van der Waals surface area contributed by atoms with E-state index in [1.54, 1.807) is 36.2 Å². The lowest BCUT2D eigenvalue weighted by atomic mass is 9.89. The molecule has 3 aromatic heterocycles. The van der Waals surface area contributed by atoms with Gasteiger partial charge in [-0.1, -0.05) is 30.3 Å². The van der Waals surface area contributed by atoms with Crippen LogP contribution in [0.4, 0.5) is 4.79 Å². The first-order chi connectivity index (χ1) is 17.0. The first-order valence-electron chi connectivity index (χ1n) is 11.0. The Morgan fingerprint density at radius 3 is 2.66 bits per heavy atom. The van der Waals surface area contributed by atoms with E-state index in [4.69, 9.17) is 4.74 Å². The number of hydrogen-bond acceptors (Lipinski definition) is 5. The second-order valence-corrected chi connectivity index (χ2v) is 8.50. The van der Waals surface area contributed by atoms with E-state index in [9.17, 15) is 14.7 Å². The summed E-state index contributed by atoms with van der Waals surface area (Å²) in [5, 5.41) is 17.4. The topological polar surface area (TPSA) is 110 Å². The molecular formula is C26H21N5O4. The minimum atomic E-state index is -1.40. The van der Waals surface area contributed by atoms with Gasteiger partial charge in [0, 0.05) is 28.7 Å². The van der Waals surface area contributed by atoms with Gasteiger partial charge in [0.2, 0.25) is 0 Å². The maximum Gasteiger partial charge on any atom is 0.322 e. The fourth-order valence-electron chi connectivity index (χ4n) is 4.70. The van der Waals surface area contributed by atoms with Crippen LogP contribution in [0.25, 0.3) is 27.7 Å². The highest BCUT2D eigenvalue weighted by molar-refractivity contribution is 6.07. The van der Waals surface area contributed by atoms with Crippen LogP contribution in [0.2, 0.25) is 0 Å². The van der Waals surface area contributed by atoms with Crippen molar-refractivity contribution in [3.8, 4) is 22.9 Å². The van der Waals surface area contributed by atoms with E-state index in [2.05, 4.69) is 15.6 Å². The summed E-state index contributed by atoms with van der Waals surface area (Å²) in [6, 6.07) is 18.0. The number of pyridine rings is 1. The molecule has 1 atom stereocenters. The van der Waals surface area contributed by atoms with E-state index < -0.39 is 17.5 Å². The molecule has 9 nitrogen and oxygen atoms in total. The van der Waals surface area contributed by atoms with Gasteiger partial charge in [0.15, 0.2) is 11.4 Å². The van der Waals surface area contributed by atoms with Crippen molar-refractivity contribution in [2.45, 2.75) is 12.1 Å². The minimum Gasteiger partial charge on any atom is -0.497 e. The highest BCUT2D eigenvalue weighted by Crippen LogP contribution is 2.35. The number of rotatable bonds is 5. The number of imidazole rings is 1. The van der Waals surface area contributed by atoms with Crippen molar-refractivity contribution < 1.29 is 19.4 Å². The molecule has 6 rings (SSSR count). The molecule has 0 saturated carbocycles. The minimum absolute atomic E-state index is 0.00234. The summed E-state index contributed by atoms with van der Waals surface area (Å²) >= 11 is 0. The van der Waals surface area contributed by atoms with Gasteiger partial charge in [0.05, 0.1) is 25.5 Å². The molecule has 35 heavy (non-hydrogen) atoms. The molecule has 0 aliphatic carbocycles. The predicted octanol–water partition coefficient (Wildman–Crippen LogP) is 3.41. The number of benzene rings is 2. The third-order valence-corrected chi connectivity index (χ3v) is 6.51. The molecule has 0 spiro atoms. The van der Waals surface area contributed by atoms with Gasteiger partial charge in [-0.2, -0.15) is 0 Å². The number of aromatic hydroxyl groups is 1. The van der Waals surface area contributed by atoms with Gasteiger partial charge in [0.25, 0.3) is 5.91 Å². The van der Waals surface area contributed by atoms with E-state index in [1.165, 1.54) is 0 Å². The van der Waals surface area contributed by atoms with Crippen molar-refractivity contribution in [3.05, 3.63) is 84.8 Å². The Kier molecular flexibility index (Phi) is 4.53. The monoisotopic (exact) mass is 467 g/mol. The second-order valence-electron chi connectivity index (χ2n) is 8.50. The third-order valence-electron chi connectivity index (χ3n) is 6.51. The first kappa shape index (κ1) is 20.8. The molecule has 3 N–H and O–H groups in total. The van der Waals surface area contributed by atoms with Crippen LogP contribution in [0.1, 0.15) is 5.56 Å².